The molecule has 3 aromatic rings. The maximum absolute atomic E-state index is 12.1. The number of amides is 1. The van der Waals surface area contributed by atoms with Crippen molar-refractivity contribution in [2.75, 3.05) is 5.32 Å². The molecule has 102 valence electrons. The lowest BCUT2D eigenvalue weighted by Crippen LogP contribution is -2.03. The van der Waals surface area contributed by atoms with Gasteiger partial charge in [0.15, 0.2) is 0 Å². The van der Waals surface area contributed by atoms with Crippen LogP contribution < -0.4 is 5.32 Å². The molecule has 0 spiro atoms. The number of aromatic nitrogens is 2. The number of H-pyrrole nitrogens is 1. The topological polar surface area (TPSA) is 57.8 Å². The van der Waals surface area contributed by atoms with Crippen molar-refractivity contribution in [1.82, 2.24) is 10.2 Å². The molecule has 0 saturated heterocycles. The first-order valence-electron chi connectivity index (χ1n) is 6.53. The summed E-state index contributed by atoms with van der Waals surface area (Å²) in [6.45, 7) is 0. The molecule has 3 heterocycles. The number of fused-ring (bicyclic) bond motifs is 1. The standard InChI is InChI=1S/C16H11N3OS/c20-15-13(12-6-7-21-16(12)18-15)8-11-9-17-19-14(11)10-4-2-1-3-5-10/h1-9H,(H,17,19)(H,18,20). The number of carbonyl (C=O) groups is 1. The lowest BCUT2D eigenvalue weighted by Gasteiger charge is -1.99. The fourth-order valence-electron chi connectivity index (χ4n) is 2.45. The second kappa shape index (κ2) is 4.71. The molecule has 1 aromatic carbocycles. The molecule has 1 aliphatic heterocycles. The summed E-state index contributed by atoms with van der Waals surface area (Å²) < 4.78 is 0. The van der Waals surface area contributed by atoms with Crippen LogP contribution in [0.4, 0.5) is 5.00 Å². The first-order valence-corrected chi connectivity index (χ1v) is 7.41. The zero-order valence-corrected chi connectivity index (χ0v) is 11.8. The Morgan fingerprint density at radius 3 is 2.86 bits per heavy atom. The molecule has 0 fully saturated rings. The lowest BCUT2D eigenvalue weighted by molar-refractivity contribution is -0.110. The van der Waals surface area contributed by atoms with Crippen molar-refractivity contribution in [3.05, 3.63) is 59.1 Å². The van der Waals surface area contributed by atoms with Crippen molar-refractivity contribution in [2.24, 2.45) is 0 Å². The van der Waals surface area contributed by atoms with E-state index in [2.05, 4.69) is 15.5 Å². The van der Waals surface area contributed by atoms with Gasteiger partial charge in [0.25, 0.3) is 5.91 Å². The number of benzene rings is 1. The normalized spacial score (nSPS) is 15.2. The number of anilines is 1. The van der Waals surface area contributed by atoms with Crippen LogP contribution in [0.15, 0.2) is 48.0 Å². The first-order chi connectivity index (χ1) is 10.3. The van der Waals surface area contributed by atoms with Crippen molar-refractivity contribution in [1.29, 1.82) is 0 Å². The second-order valence-corrected chi connectivity index (χ2v) is 5.65. The van der Waals surface area contributed by atoms with Crippen LogP contribution in [-0.2, 0) is 4.79 Å². The van der Waals surface area contributed by atoms with E-state index >= 15 is 0 Å². The third-order valence-electron chi connectivity index (χ3n) is 3.44. The number of carbonyl (C=O) groups excluding carboxylic acids is 1. The summed E-state index contributed by atoms with van der Waals surface area (Å²) in [6.07, 6.45) is 3.70. The average molecular weight is 293 g/mol. The molecule has 2 N–H and O–H groups in total. The maximum Gasteiger partial charge on any atom is 0.257 e. The van der Waals surface area contributed by atoms with Crippen molar-refractivity contribution in [3.8, 4) is 11.3 Å². The van der Waals surface area contributed by atoms with Crippen LogP contribution >= 0.6 is 11.3 Å². The van der Waals surface area contributed by atoms with Crippen LogP contribution in [0.1, 0.15) is 11.1 Å². The van der Waals surface area contributed by atoms with E-state index in [1.54, 1.807) is 0 Å². The highest BCUT2D eigenvalue weighted by molar-refractivity contribution is 7.15. The van der Waals surface area contributed by atoms with E-state index in [1.165, 1.54) is 11.3 Å². The van der Waals surface area contributed by atoms with Crippen LogP contribution in [0, 0.1) is 0 Å². The van der Waals surface area contributed by atoms with Crippen LogP contribution in [0.3, 0.4) is 0 Å². The van der Waals surface area contributed by atoms with Crippen LogP contribution in [-0.4, -0.2) is 16.1 Å². The van der Waals surface area contributed by atoms with Crippen LogP contribution in [0.5, 0.6) is 0 Å². The van der Waals surface area contributed by atoms with Gasteiger partial charge in [-0.15, -0.1) is 11.3 Å². The van der Waals surface area contributed by atoms with Gasteiger partial charge in [-0.25, -0.2) is 0 Å². The van der Waals surface area contributed by atoms with Gasteiger partial charge in [-0.1, -0.05) is 30.3 Å². The van der Waals surface area contributed by atoms with Crippen molar-refractivity contribution < 1.29 is 4.79 Å². The van der Waals surface area contributed by atoms with E-state index in [1.807, 2.05) is 54.1 Å². The SMILES string of the molecule is O=C1Nc2sccc2C1=Cc1c[nH]nc1-c1ccccc1. The molecule has 0 aliphatic carbocycles. The van der Waals surface area contributed by atoms with Crippen molar-refractivity contribution in [3.63, 3.8) is 0 Å². The summed E-state index contributed by atoms with van der Waals surface area (Å²) >= 11 is 1.54. The monoisotopic (exact) mass is 293 g/mol. The average Bonchev–Trinajstić information content (AvgIpc) is 3.19. The highest BCUT2D eigenvalue weighted by Crippen LogP contribution is 2.38. The Morgan fingerprint density at radius 1 is 1.14 bits per heavy atom. The van der Waals surface area contributed by atoms with E-state index in [9.17, 15) is 4.79 Å². The van der Waals surface area contributed by atoms with Gasteiger partial charge in [0.2, 0.25) is 0 Å². The number of hydrogen-bond donors (Lipinski definition) is 2. The quantitative estimate of drug-likeness (QED) is 0.709. The van der Waals surface area contributed by atoms with Crippen molar-refractivity contribution >= 4 is 33.9 Å². The molecule has 0 unspecified atom stereocenters. The fourth-order valence-corrected chi connectivity index (χ4v) is 3.24. The molecule has 0 saturated carbocycles. The Bertz CT molecular complexity index is 845. The molecule has 0 bridgehead atoms. The van der Waals surface area contributed by atoms with Gasteiger partial charge < -0.3 is 5.32 Å². The zero-order chi connectivity index (χ0) is 14.2. The van der Waals surface area contributed by atoms with Gasteiger partial charge in [-0.2, -0.15) is 5.10 Å². The smallest absolute Gasteiger partial charge is 0.257 e. The maximum atomic E-state index is 12.1. The molecule has 4 nitrogen and oxygen atoms in total. The Morgan fingerprint density at radius 2 is 2.00 bits per heavy atom. The van der Waals surface area contributed by atoms with Crippen molar-refractivity contribution in [2.45, 2.75) is 0 Å². The molecular weight excluding hydrogens is 282 g/mol. The lowest BCUT2D eigenvalue weighted by atomic mass is 10.0. The van der Waals surface area contributed by atoms with Gasteiger partial charge in [0.05, 0.1) is 11.3 Å². The summed E-state index contributed by atoms with van der Waals surface area (Å²) in [4.78, 5) is 12.1. The predicted octanol–water partition coefficient (Wildman–Crippen LogP) is 3.63. The third-order valence-corrected chi connectivity index (χ3v) is 4.27. The van der Waals surface area contributed by atoms with E-state index < -0.39 is 0 Å². The molecule has 21 heavy (non-hydrogen) atoms. The molecule has 0 radical (unpaired) electrons. The molecule has 2 aromatic heterocycles. The number of nitrogens with zero attached hydrogens (tertiary/aromatic N) is 1. The van der Waals surface area contributed by atoms with Gasteiger partial charge in [-0.3, -0.25) is 9.89 Å². The number of nitrogens with one attached hydrogen (secondary N) is 2. The number of hydrogen-bond acceptors (Lipinski definition) is 3. The first kappa shape index (κ1) is 12.1. The molecular formula is C16H11N3OS. The summed E-state index contributed by atoms with van der Waals surface area (Å²) in [6, 6.07) is 11.9. The largest absolute Gasteiger partial charge is 0.313 e. The highest BCUT2D eigenvalue weighted by atomic mass is 32.1. The summed E-state index contributed by atoms with van der Waals surface area (Å²) in [5, 5.41) is 12.9. The Balaban J connectivity index is 1.82. The number of aromatic amines is 1. The number of rotatable bonds is 2. The van der Waals surface area contributed by atoms with E-state index in [0.29, 0.717) is 5.57 Å². The van der Waals surface area contributed by atoms with Gasteiger partial charge in [0.1, 0.15) is 5.00 Å². The van der Waals surface area contributed by atoms with Crippen LogP contribution in [0.25, 0.3) is 22.9 Å². The number of thiophene rings is 1. The van der Waals surface area contributed by atoms with Gasteiger partial charge in [-0.05, 0) is 17.5 Å². The van der Waals surface area contributed by atoms with E-state index in [0.717, 1.165) is 27.4 Å². The van der Waals surface area contributed by atoms with E-state index in [4.69, 9.17) is 0 Å². The minimum absolute atomic E-state index is 0.0583. The van der Waals surface area contributed by atoms with E-state index in [-0.39, 0.29) is 5.91 Å². The van der Waals surface area contributed by atoms with Gasteiger partial charge >= 0.3 is 0 Å². The second-order valence-electron chi connectivity index (χ2n) is 4.73. The van der Waals surface area contributed by atoms with Crippen LogP contribution in [0.2, 0.25) is 0 Å². The third kappa shape index (κ3) is 1.98. The summed E-state index contributed by atoms with van der Waals surface area (Å²) in [7, 11) is 0. The summed E-state index contributed by atoms with van der Waals surface area (Å²) in [5.74, 6) is -0.0583. The Hall–Kier alpha value is -2.66. The highest BCUT2D eigenvalue weighted by Gasteiger charge is 2.25. The molecule has 4 rings (SSSR count). The molecule has 1 aliphatic rings. The minimum atomic E-state index is -0.0583. The molecule has 5 heteroatoms. The Kier molecular flexibility index (Phi) is 2.72. The zero-order valence-electron chi connectivity index (χ0n) is 11.0. The van der Waals surface area contributed by atoms with Gasteiger partial charge in [0, 0.05) is 22.9 Å². The summed E-state index contributed by atoms with van der Waals surface area (Å²) in [5.41, 5.74) is 4.43. The minimum Gasteiger partial charge on any atom is -0.313 e. The predicted molar refractivity (Wildman–Crippen MR) is 84.8 cm³/mol. The molecule has 1 amide bonds. The Labute approximate surface area is 125 Å². The fraction of sp³-hybridized carbons (Fsp3) is 0. The molecule has 0 atom stereocenters.